The number of phenols is 1. The van der Waals surface area contributed by atoms with Crippen LogP contribution in [-0.2, 0) is 4.79 Å². The predicted octanol–water partition coefficient (Wildman–Crippen LogP) is 3.86. The molecule has 0 radical (unpaired) electrons. The van der Waals surface area contributed by atoms with Gasteiger partial charge >= 0.3 is 0 Å². The van der Waals surface area contributed by atoms with Gasteiger partial charge in [-0.2, -0.15) is 0 Å². The molecule has 6 heteroatoms. The molecule has 1 heterocycles. The van der Waals surface area contributed by atoms with Crippen molar-refractivity contribution in [2.75, 3.05) is 23.9 Å². The Morgan fingerprint density at radius 3 is 2.50 bits per heavy atom. The molecule has 0 unspecified atom stereocenters. The van der Waals surface area contributed by atoms with E-state index in [0.717, 1.165) is 16.9 Å². The number of thiocarbonyl (C=S) groups is 1. The Kier molecular flexibility index (Phi) is 4.59. The first kappa shape index (κ1) is 16.5. The summed E-state index contributed by atoms with van der Waals surface area (Å²) >= 11 is 6.64. The highest BCUT2D eigenvalue weighted by atomic mass is 32.2. The Hall–Kier alpha value is -2.31. The molecule has 122 valence electrons. The van der Waals surface area contributed by atoms with E-state index >= 15 is 0 Å². The second-order valence-electron chi connectivity index (χ2n) is 5.52. The van der Waals surface area contributed by atoms with Crippen LogP contribution >= 0.6 is 24.0 Å². The summed E-state index contributed by atoms with van der Waals surface area (Å²) < 4.78 is 0.504. The van der Waals surface area contributed by atoms with Crippen LogP contribution in [0.5, 0.6) is 5.75 Å². The van der Waals surface area contributed by atoms with Gasteiger partial charge in [0.2, 0.25) is 0 Å². The fourth-order valence-electron chi connectivity index (χ4n) is 2.36. The molecule has 2 aromatic carbocycles. The SMILES string of the molecule is CN(C)c1ccc(N2C(=O)C(=Cc3cccc(O)c3)SC2=S)cc1. The van der Waals surface area contributed by atoms with E-state index < -0.39 is 0 Å². The van der Waals surface area contributed by atoms with Crippen LogP contribution in [0.25, 0.3) is 6.08 Å². The molecule has 2 aromatic rings. The van der Waals surface area contributed by atoms with Crippen molar-refractivity contribution in [1.29, 1.82) is 0 Å². The summed E-state index contributed by atoms with van der Waals surface area (Å²) in [7, 11) is 3.93. The van der Waals surface area contributed by atoms with Crippen LogP contribution in [-0.4, -0.2) is 29.4 Å². The fraction of sp³-hybridized carbons (Fsp3) is 0.111. The maximum absolute atomic E-state index is 12.7. The average molecular weight is 356 g/mol. The third-order valence-electron chi connectivity index (χ3n) is 3.59. The topological polar surface area (TPSA) is 43.8 Å². The van der Waals surface area contributed by atoms with E-state index in [-0.39, 0.29) is 11.7 Å². The third kappa shape index (κ3) is 3.29. The lowest BCUT2D eigenvalue weighted by atomic mass is 10.2. The van der Waals surface area contributed by atoms with Gasteiger partial charge < -0.3 is 10.0 Å². The number of hydrogen-bond donors (Lipinski definition) is 1. The first-order chi connectivity index (χ1) is 11.5. The van der Waals surface area contributed by atoms with Gasteiger partial charge in [0.15, 0.2) is 4.32 Å². The predicted molar refractivity (Wildman–Crippen MR) is 105 cm³/mol. The number of benzene rings is 2. The Balaban J connectivity index is 1.89. The van der Waals surface area contributed by atoms with Crippen LogP contribution in [0.3, 0.4) is 0 Å². The van der Waals surface area contributed by atoms with E-state index in [1.807, 2.05) is 49.3 Å². The van der Waals surface area contributed by atoms with Crippen LogP contribution in [0.1, 0.15) is 5.56 Å². The zero-order chi connectivity index (χ0) is 17.3. The lowest BCUT2D eigenvalue weighted by molar-refractivity contribution is -0.113. The van der Waals surface area contributed by atoms with Crippen molar-refractivity contribution in [3.63, 3.8) is 0 Å². The summed E-state index contributed by atoms with van der Waals surface area (Å²) in [6.07, 6.45) is 1.74. The van der Waals surface area contributed by atoms with Gasteiger partial charge in [0.05, 0.1) is 10.6 Å². The van der Waals surface area contributed by atoms with Crippen LogP contribution < -0.4 is 9.80 Å². The van der Waals surface area contributed by atoms with Gasteiger partial charge in [0, 0.05) is 19.8 Å². The van der Waals surface area contributed by atoms with Crippen molar-refractivity contribution in [2.24, 2.45) is 0 Å². The molecule has 0 bridgehead atoms. The number of anilines is 2. The third-order valence-corrected chi connectivity index (χ3v) is 4.89. The number of nitrogens with zero attached hydrogens (tertiary/aromatic N) is 2. The van der Waals surface area contributed by atoms with Gasteiger partial charge in [0.25, 0.3) is 5.91 Å². The number of hydrogen-bond acceptors (Lipinski definition) is 5. The smallest absolute Gasteiger partial charge is 0.270 e. The summed E-state index contributed by atoms with van der Waals surface area (Å²) in [5.74, 6) is 0.0180. The highest BCUT2D eigenvalue weighted by Crippen LogP contribution is 2.36. The van der Waals surface area contributed by atoms with Gasteiger partial charge in [-0.3, -0.25) is 9.69 Å². The molecule has 1 saturated heterocycles. The number of aromatic hydroxyl groups is 1. The van der Waals surface area contributed by atoms with E-state index in [0.29, 0.717) is 9.23 Å². The number of carbonyl (C=O) groups is 1. The number of rotatable bonds is 3. The van der Waals surface area contributed by atoms with E-state index in [9.17, 15) is 9.90 Å². The molecule has 0 spiro atoms. The fourth-order valence-corrected chi connectivity index (χ4v) is 3.66. The summed E-state index contributed by atoms with van der Waals surface area (Å²) in [5.41, 5.74) is 2.57. The molecular weight excluding hydrogens is 340 g/mol. The Labute approximate surface area is 150 Å². The van der Waals surface area contributed by atoms with Crippen molar-refractivity contribution >= 4 is 51.7 Å². The lowest BCUT2D eigenvalue weighted by Gasteiger charge is -2.17. The summed E-state index contributed by atoms with van der Waals surface area (Å²) in [6, 6.07) is 14.4. The number of carbonyl (C=O) groups excluding carboxylic acids is 1. The summed E-state index contributed by atoms with van der Waals surface area (Å²) in [4.78, 5) is 16.8. The molecule has 3 rings (SSSR count). The normalized spacial score (nSPS) is 16.1. The van der Waals surface area contributed by atoms with Gasteiger partial charge in [-0.05, 0) is 48.0 Å². The van der Waals surface area contributed by atoms with Crippen molar-refractivity contribution < 1.29 is 9.90 Å². The zero-order valence-corrected chi connectivity index (χ0v) is 14.9. The maximum Gasteiger partial charge on any atom is 0.270 e. The van der Waals surface area contributed by atoms with Crippen LogP contribution in [0, 0.1) is 0 Å². The minimum absolute atomic E-state index is 0.147. The van der Waals surface area contributed by atoms with Crippen molar-refractivity contribution in [3.8, 4) is 5.75 Å². The second kappa shape index (κ2) is 6.67. The average Bonchev–Trinajstić information content (AvgIpc) is 2.81. The zero-order valence-electron chi connectivity index (χ0n) is 13.3. The molecule has 4 nitrogen and oxygen atoms in total. The van der Waals surface area contributed by atoms with E-state index in [2.05, 4.69) is 0 Å². The van der Waals surface area contributed by atoms with E-state index in [1.54, 1.807) is 24.3 Å². The molecule has 0 atom stereocenters. The number of phenolic OH excluding ortho intramolecular Hbond substituents is 1. The Morgan fingerprint density at radius 2 is 1.88 bits per heavy atom. The minimum atomic E-state index is -0.147. The maximum atomic E-state index is 12.7. The quantitative estimate of drug-likeness (QED) is 0.668. The summed E-state index contributed by atoms with van der Waals surface area (Å²) in [6.45, 7) is 0. The highest BCUT2D eigenvalue weighted by molar-refractivity contribution is 8.27. The van der Waals surface area contributed by atoms with E-state index in [1.165, 1.54) is 16.7 Å². The van der Waals surface area contributed by atoms with Gasteiger partial charge in [-0.25, -0.2) is 0 Å². The van der Waals surface area contributed by atoms with Crippen molar-refractivity contribution in [2.45, 2.75) is 0 Å². The molecule has 0 saturated carbocycles. The standard InChI is InChI=1S/C18H16N2O2S2/c1-19(2)13-6-8-14(9-7-13)20-17(22)16(24-18(20)23)11-12-4-3-5-15(21)10-12/h3-11,21H,1-2H3. The molecule has 1 N–H and O–H groups in total. The molecule has 1 amide bonds. The number of thioether (sulfide) groups is 1. The monoisotopic (exact) mass is 356 g/mol. The molecule has 1 aliphatic rings. The molecule has 1 aliphatic heterocycles. The molecule has 1 fully saturated rings. The highest BCUT2D eigenvalue weighted by Gasteiger charge is 2.33. The van der Waals surface area contributed by atoms with Crippen molar-refractivity contribution in [1.82, 2.24) is 0 Å². The second-order valence-corrected chi connectivity index (χ2v) is 7.20. The summed E-state index contributed by atoms with van der Waals surface area (Å²) in [5, 5.41) is 9.54. The first-order valence-electron chi connectivity index (χ1n) is 7.30. The Morgan fingerprint density at radius 1 is 1.17 bits per heavy atom. The molecular formula is C18H16N2O2S2. The lowest BCUT2D eigenvalue weighted by Crippen LogP contribution is -2.27. The first-order valence-corrected chi connectivity index (χ1v) is 8.52. The molecule has 0 aromatic heterocycles. The Bertz CT molecular complexity index is 829. The largest absolute Gasteiger partial charge is 0.508 e. The van der Waals surface area contributed by atoms with E-state index in [4.69, 9.17) is 12.2 Å². The minimum Gasteiger partial charge on any atom is -0.508 e. The molecule has 0 aliphatic carbocycles. The van der Waals surface area contributed by atoms with Gasteiger partial charge in [-0.15, -0.1) is 0 Å². The van der Waals surface area contributed by atoms with Gasteiger partial charge in [-0.1, -0.05) is 36.1 Å². The number of amides is 1. The van der Waals surface area contributed by atoms with Crippen molar-refractivity contribution in [3.05, 3.63) is 59.0 Å². The molecule has 24 heavy (non-hydrogen) atoms. The van der Waals surface area contributed by atoms with Crippen LogP contribution in [0.15, 0.2) is 53.4 Å². The van der Waals surface area contributed by atoms with Crippen LogP contribution in [0.4, 0.5) is 11.4 Å². The van der Waals surface area contributed by atoms with Gasteiger partial charge in [0.1, 0.15) is 5.75 Å². The van der Waals surface area contributed by atoms with Crippen LogP contribution in [0.2, 0.25) is 0 Å².